The van der Waals surface area contributed by atoms with Crippen LogP contribution in [0.3, 0.4) is 0 Å². The Hall–Kier alpha value is -2.53. The number of rotatable bonds is 5. The van der Waals surface area contributed by atoms with E-state index in [-0.39, 0.29) is 24.4 Å². The molecule has 6 heteroatoms. The van der Waals surface area contributed by atoms with Gasteiger partial charge in [-0.2, -0.15) is 0 Å². The first-order chi connectivity index (χ1) is 13.5. The molecule has 5 nitrogen and oxygen atoms in total. The van der Waals surface area contributed by atoms with Crippen LogP contribution in [0, 0.1) is 12.8 Å². The number of hydrogen-bond donors (Lipinski definition) is 0. The molecule has 0 N–H and O–H groups in total. The average molecular weight is 402 g/mol. The third-order valence-electron chi connectivity index (χ3n) is 5.01. The van der Waals surface area contributed by atoms with Gasteiger partial charge in [0.2, 0.25) is 0 Å². The molecule has 2 aromatic carbocycles. The van der Waals surface area contributed by atoms with Crippen molar-refractivity contribution in [3.05, 3.63) is 64.2 Å². The summed E-state index contributed by atoms with van der Waals surface area (Å²) >= 11 is 5.87. The van der Waals surface area contributed by atoms with Gasteiger partial charge in [0.15, 0.2) is 0 Å². The molecular formula is C22H24ClNO4. The summed E-state index contributed by atoms with van der Waals surface area (Å²) in [6.45, 7) is 3.25. The van der Waals surface area contributed by atoms with Gasteiger partial charge >= 0.3 is 5.97 Å². The summed E-state index contributed by atoms with van der Waals surface area (Å²) in [7, 11) is 1.60. The molecule has 1 fully saturated rings. The van der Waals surface area contributed by atoms with Gasteiger partial charge in [0, 0.05) is 29.2 Å². The van der Waals surface area contributed by atoms with Crippen LogP contribution in [0.15, 0.2) is 42.5 Å². The normalized spacial score (nSPS) is 14.6. The van der Waals surface area contributed by atoms with Gasteiger partial charge in [0.05, 0.1) is 13.0 Å². The second kappa shape index (κ2) is 9.11. The highest BCUT2D eigenvalue weighted by molar-refractivity contribution is 6.30. The van der Waals surface area contributed by atoms with Crippen molar-refractivity contribution in [2.75, 3.05) is 20.2 Å². The van der Waals surface area contributed by atoms with Gasteiger partial charge in [-0.15, -0.1) is 0 Å². The highest BCUT2D eigenvalue weighted by Gasteiger charge is 2.29. The van der Waals surface area contributed by atoms with Crippen LogP contribution >= 0.6 is 11.6 Å². The number of aryl methyl sites for hydroxylation is 1. The van der Waals surface area contributed by atoms with Gasteiger partial charge in [-0.3, -0.25) is 9.59 Å². The molecular weight excluding hydrogens is 378 g/mol. The van der Waals surface area contributed by atoms with Crippen molar-refractivity contribution in [1.82, 2.24) is 4.90 Å². The predicted octanol–water partition coefficient (Wildman–Crippen LogP) is 4.25. The number of benzene rings is 2. The van der Waals surface area contributed by atoms with Crippen molar-refractivity contribution in [3.8, 4) is 5.75 Å². The first-order valence-corrected chi connectivity index (χ1v) is 9.70. The Morgan fingerprint density at radius 1 is 1.11 bits per heavy atom. The van der Waals surface area contributed by atoms with Gasteiger partial charge in [0.1, 0.15) is 12.4 Å². The van der Waals surface area contributed by atoms with Crippen molar-refractivity contribution < 1.29 is 19.1 Å². The fourth-order valence-corrected chi connectivity index (χ4v) is 3.51. The summed E-state index contributed by atoms with van der Waals surface area (Å²) in [5.74, 6) is 0.266. The molecule has 1 aliphatic rings. The molecule has 1 saturated heterocycles. The van der Waals surface area contributed by atoms with Crippen LogP contribution in [0.25, 0.3) is 0 Å². The van der Waals surface area contributed by atoms with Crippen molar-refractivity contribution in [3.63, 3.8) is 0 Å². The SMILES string of the molecule is COc1ccc(C)cc1COC(=O)C1CCN(C(=O)c2ccc(Cl)cc2)CC1. The summed E-state index contributed by atoms with van der Waals surface area (Å²) in [4.78, 5) is 26.8. The molecule has 28 heavy (non-hydrogen) atoms. The maximum absolute atomic E-state index is 12.6. The van der Waals surface area contributed by atoms with E-state index < -0.39 is 0 Å². The van der Waals surface area contributed by atoms with Crippen LogP contribution in [0.5, 0.6) is 5.75 Å². The minimum absolute atomic E-state index is 0.0343. The predicted molar refractivity (Wildman–Crippen MR) is 108 cm³/mol. The quantitative estimate of drug-likeness (QED) is 0.703. The van der Waals surface area contributed by atoms with Gasteiger partial charge < -0.3 is 14.4 Å². The molecule has 0 aliphatic carbocycles. The Kier molecular flexibility index (Phi) is 6.57. The zero-order valence-electron chi connectivity index (χ0n) is 16.1. The van der Waals surface area contributed by atoms with E-state index in [4.69, 9.17) is 21.1 Å². The molecule has 1 amide bonds. The maximum atomic E-state index is 12.6. The van der Waals surface area contributed by atoms with Gasteiger partial charge in [-0.25, -0.2) is 0 Å². The number of carbonyl (C=O) groups is 2. The monoisotopic (exact) mass is 401 g/mol. The molecule has 0 atom stereocenters. The topological polar surface area (TPSA) is 55.8 Å². The standard InChI is InChI=1S/C22H24ClNO4/c1-15-3-8-20(27-2)18(13-15)14-28-22(26)17-9-11-24(12-10-17)21(25)16-4-6-19(23)7-5-16/h3-8,13,17H,9-12,14H2,1-2H3. The Morgan fingerprint density at radius 2 is 1.79 bits per heavy atom. The lowest BCUT2D eigenvalue weighted by atomic mass is 9.96. The number of carbonyl (C=O) groups excluding carboxylic acids is 2. The van der Waals surface area contributed by atoms with Gasteiger partial charge in [-0.1, -0.05) is 23.2 Å². The fraction of sp³-hybridized carbons (Fsp3) is 0.364. The number of likely N-dealkylation sites (tertiary alicyclic amines) is 1. The average Bonchev–Trinajstić information content (AvgIpc) is 2.72. The lowest BCUT2D eigenvalue weighted by Gasteiger charge is -2.31. The Bertz CT molecular complexity index is 842. The number of piperidine rings is 1. The van der Waals surface area contributed by atoms with E-state index in [0.29, 0.717) is 42.3 Å². The maximum Gasteiger partial charge on any atom is 0.309 e. The first kappa shape index (κ1) is 20.2. The van der Waals surface area contributed by atoms with Crippen molar-refractivity contribution in [2.45, 2.75) is 26.4 Å². The van der Waals surface area contributed by atoms with E-state index in [1.54, 1.807) is 36.3 Å². The Labute approximate surface area is 170 Å². The van der Waals surface area contributed by atoms with E-state index in [0.717, 1.165) is 11.1 Å². The summed E-state index contributed by atoms with van der Waals surface area (Å²) in [6, 6.07) is 12.6. The Balaban J connectivity index is 1.52. The lowest BCUT2D eigenvalue weighted by Crippen LogP contribution is -2.40. The van der Waals surface area contributed by atoms with E-state index in [1.165, 1.54) is 0 Å². The third-order valence-corrected chi connectivity index (χ3v) is 5.26. The zero-order valence-corrected chi connectivity index (χ0v) is 16.9. The molecule has 0 unspecified atom stereocenters. The number of methoxy groups -OCH3 is 1. The second-order valence-electron chi connectivity index (χ2n) is 7.00. The molecule has 0 bridgehead atoms. The minimum atomic E-state index is -0.220. The number of hydrogen-bond acceptors (Lipinski definition) is 4. The highest BCUT2D eigenvalue weighted by atomic mass is 35.5. The van der Waals surface area contributed by atoms with Crippen LogP contribution in [-0.4, -0.2) is 37.0 Å². The van der Waals surface area contributed by atoms with Gasteiger partial charge in [-0.05, 0) is 56.2 Å². The zero-order chi connectivity index (χ0) is 20.1. The first-order valence-electron chi connectivity index (χ1n) is 9.33. The van der Waals surface area contributed by atoms with E-state index in [1.807, 2.05) is 25.1 Å². The number of ether oxygens (including phenoxy) is 2. The van der Waals surface area contributed by atoms with Crippen molar-refractivity contribution in [2.24, 2.45) is 5.92 Å². The van der Waals surface area contributed by atoms with Crippen LogP contribution in [0.4, 0.5) is 0 Å². The minimum Gasteiger partial charge on any atom is -0.496 e. The smallest absolute Gasteiger partial charge is 0.309 e. The van der Waals surface area contributed by atoms with Crippen LogP contribution < -0.4 is 4.74 Å². The molecule has 148 valence electrons. The molecule has 0 aromatic heterocycles. The highest BCUT2D eigenvalue weighted by Crippen LogP contribution is 2.24. The molecule has 0 spiro atoms. The molecule has 2 aromatic rings. The van der Waals surface area contributed by atoms with E-state index in [9.17, 15) is 9.59 Å². The van der Waals surface area contributed by atoms with Crippen molar-refractivity contribution in [1.29, 1.82) is 0 Å². The molecule has 1 aliphatic heterocycles. The van der Waals surface area contributed by atoms with Crippen molar-refractivity contribution >= 4 is 23.5 Å². The van der Waals surface area contributed by atoms with Crippen LogP contribution in [-0.2, 0) is 16.1 Å². The summed E-state index contributed by atoms with van der Waals surface area (Å²) < 4.78 is 10.8. The molecule has 0 radical (unpaired) electrons. The van der Waals surface area contributed by atoms with Crippen LogP contribution in [0.1, 0.15) is 34.3 Å². The lowest BCUT2D eigenvalue weighted by molar-refractivity contribution is -0.151. The number of amides is 1. The summed E-state index contributed by atoms with van der Waals surface area (Å²) in [6.07, 6.45) is 1.20. The largest absolute Gasteiger partial charge is 0.496 e. The van der Waals surface area contributed by atoms with Gasteiger partial charge in [0.25, 0.3) is 5.91 Å². The molecule has 0 saturated carbocycles. The van der Waals surface area contributed by atoms with E-state index >= 15 is 0 Å². The second-order valence-corrected chi connectivity index (χ2v) is 7.43. The molecule has 3 rings (SSSR count). The van der Waals surface area contributed by atoms with Crippen LogP contribution in [0.2, 0.25) is 5.02 Å². The number of esters is 1. The summed E-state index contributed by atoms with van der Waals surface area (Å²) in [5, 5.41) is 0.600. The van der Waals surface area contributed by atoms with E-state index in [2.05, 4.69) is 0 Å². The number of halogens is 1. The fourth-order valence-electron chi connectivity index (χ4n) is 3.38. The summed E-state index contributed by atoms with van der Waals surface area (Å²) in [5.41, 5.74) is 2.55. The third kappa shape index (κ3) is 4.84. The Morgan fingerprint density at radius 3 is 2.43 bits per heavy atom. The molecule has 1 heterocycles. The number of nitrogens with zero attached hydrogens (tertiary/aromatic N) is 1.